The molecule has 42 heavy (non-hydrogen) atoms. The van der Waals surface area contributed by atoms with Crippen LogP contribution in [0.2, 0.25) is 0 Å². The van der Waals surface area contributed by atoms with Gasteiger partial charge in [0.15, 0.2) is 0 Å². The van der Waals surface area contributed by atoms with Gasteiger partial charge in [-0.05, 0) is 77.7 Å². The Hall–Kier alpha value is -3.58. The molecule has 1 aliphatic heterocycles. The standard InChI is InChI=1S/C36H44N2O4/c1-4-36(38-24-27-10-11-30-23-33(39-2)17-14-29(30)22-27)26-37-19-18-34(36)28-12-15-32(16-13-28)42-21-7-20-41-25-31-8-5-6-9-35(31)40-3/h5-6,8-17,22-23,34,37-38H,4,7,18-21,24-26H2,1-3H3/t34-,36+/m0/s1. The molecule has 1 aliphatic rings. The molecule has 0 spiro atoms. The summed E-state index contributed by atoms with van der Waals surface area (Å²) in [6.45, 7) is 6.91. The molecule has 2 atom stereocenters. The fraction of sp³-hybridized carbons (Fsp3) is 0.389. The van der Waals surface area contributed by atoms with Gasteiger partial charge in [-0.2, -0.15) is 0 Å². The third-order valence-corrected chi connectivity index (χ3v) is 8.54. The second-order valence-corrected chi connectivity index (χ2v) is 11.1. The number of hydrogen-bond donors (Lipinski definition) is 2. The molecule has 5 rings (SSSR count). The van der Waals surface area contributed by atoms with E-state index in [1.807, 2.05) is 30.3 Å². The van der Waals surface area contributed by atoms with Gasteiger partial charge < -0.3 is 29.6 Å². The minimum atomic E-state index is -0.0196. The maximum Gasteiger partial charge on any atom is 0.124 e. The number of ether oxygens (including phenoxy) is 4. The summed E-state index contributed by atoms with van der Waals surface area (Å²) < 4.78 is 22.7. The van der Waals surface area contributed by atoms with E-state index in [9.17, 15) is 0 Å². The molecule has 4 aromatic rings. The molecule has 2 N–H and O–H groups in total. The maximum absolute atomic E-state index is 6.04. The molecule has 6 nitrogen and oxygen atoms in total. The van der Waals surface area contributed by atoms with E-state index in [1.54, 1.807) is 14.2 Å². The maximum atomic E-state index is 6.04. The van der Waals surface area contributed by atoms with Crippen molar-refractivity contribution in [3.8, 4) is 17.2 Å². The third-order valence-electron chi connectivity index (χ3n) is 8.54. The van der Waals surface area contributed by atoms with Crippen LogP contribution in [-0.4, -0.2) is 46.1 Å². The van der Waals surface area contributed by atoms with Gasteiger partial charge in [0.1, 0.15) is 17.2 Å². The molecule has 0 unspecified atom stereocenters. The van der Waals surface area contributed by atoms with Gasteiger partial charge in [-0.25, -0.2) is 0 Å². The molecule has 6 heteroatoms. The zero-order valence-corrected chi connectivity index (χ0v) is 25.2. The highest BCUT2D eigenvalue weighted by atomic mass is 16.5. The van der Waals surface area contributed by atoms with E-state index < -0.39 is 0 Å². The Balaban J connectivity index is 1.14. The summed E-state index contributed by atoms with van der Waals surface area (Å²) in [5.41, 5.74) is 3.70. The summed E-state index contributed by atoms with van der Waals surface area (Å²) in [5, 5.41) is 10.1. The number of para-hydroxylation sites is 1. The Bertz CT molecular complexity index is 1420. The second-order valence-electron chi connectivity index (χ2n) is 11.1. The lowest BCUT2D eigenvalue weighted by molar-refractivity contribution is 0.105. The number of methoxy groups -OCH3 is 2. The summed E-state index contributed by atoms with van der Waals surface area (Å²) in [6.07, 6.45) is 2.97. The van der Waals surface area contributed by atoms with Gasteiger partial charge in [0.2, 0.25) is 0 Å². The van der Waals surface area contributed by atoms with Crippen LogP contribution in [0.5, 0.6) is 17.2 Å². The summed E-state index contributed by atoms with van der Waals surface area (Å²) in [6, 6.07) is 29.6. The minimum absolute atomic E-state index is 0.0196. The van der Waals surface area contributed by atoms with E-state index in [0.717, 1.165) is 61.7 Å². The van der Waals surface area contributed by atoms with Gasteiger partial charge in [0.05, 0.1) is 34.0 Å². The van der Waals surface area contributed by atoms with Gasteiger partial charge in [-0.15, -0.1) is 0 Å². The Labute approximate surface area is 250 Å². The smallest absolute Gasteiger partial charge is 0.124 e. The largest absolute Gasteiger partial charge is 0.497 e. The molecule has 0 aromatic heterocycles. The molecule has 0 saturated carbocycles. The minimum Gasteiger partial charge on any atom is -0.497 e. The van der Waals surface area contributed by atoms with Crippen LogP contribution in [-0.2, 0) is 17.9 Å². The first-order chi connectivity index (χ1) is 20.6. The molecule has 1 fully saturated rings. The van der Waals surface area contributed by atoms with Crippen LogP contribution in [0.3, 0.4) is 0 Å². The molecule has 1 saturated heterocycles. The average molecular weight is 569 g/mol. The molecule has 0 radical (unpaired) electrons. The van der Waals surface area contributed by atoms with Crippen molar-refractivity contribution in [2.75, 3.05) is 40.5 Å². The molecule has 0 aliphatic carbocycles. The lowest BCUT2D eigenvalue weighted by atomic mass is 9.73. The van der Waals surface area contributed by atoms with Gasteiger partial charge in [0.25, 0.3) is 0 Å². The van der Waals surface area contributed by atoms with Crippen molar-refractivity contribution in [2.24, 2.45) is 0 Å². The lowest BCUT2D eigenvalue weighted by Crippen LogP contribution is -2.59. The molecule has 1 heterocycles. The van der Waals surface area contributed by atoms with Crippen molar-refractivity contribution >= 4 is 10.8 Å². The van der Waals surface area contributed by atoms with Crippen molar-refractivity contribution < 1.29 is 18.9 Å². The zero-order valence-electron chi connectivity index (χ0n) is 25.2. The van der Waals surface area contributed by atoms with Crippen LogP contribution >= 0.6 is 0 Å². The number of piperidine rings is 1. The van der Waals surface area contributed by atoms with Crippen LogP contribution in [0.25, 0.3) is 10.8 Å². The number of benzene rings is 4. The molecule has 0 amide bonds. The number of fused-ring (bicyclic) bond motifs is 1. The van der Waals surface area contributed by atoms with Crippen molar-refractivity contribution in [1.29, 1.82) is 0 Å². The Morgan fingerprint density at radius 3 is 2.45 bits per heavy atom. The molecule has 0 bridgehead atoms. The first-order valence-corrected chi connectivity index (χ1v) is 15.1. The van der Waals surface area contributed by atoms with Crippen LogP contribution in [0.15, 0.2) is 84.9 Å². The highest BCUT2D eigenvalue weighted by Gasteiger charge is 2.39. The van der Waals surface area contributed by atoms with E-state index in [2.05, 4.69) is 72.2 Å². The lowest BCUT2D eigenvalue weighted by Gasteiger charge is -2.45. The monoisotopic (exact) mass is 568 g/mol. The topological polar surface area (TPSA) is 61.0 Å². The first kappa shape index (κ1) is 29.9. The van der Waals surface area contributed by atoms with Gasteiger partial charge in [-0.3, -0.25) is 0 Å². The van der Waals surface area contributed by atoms with E-state index in [-0.39, 0.29) is 5.54 Å². The average Bonchev–Trinajstić information content (AvgIpc) is 3.05. The molecular weight excluding hydrogens is 524 g/mol. The van der Waals surface area contributed by atoms with Crippen LogP contribution in [0.1, 0.15) is 48.8 Å². The highest BCUT2D eigenvalue weighted by molar-refractivity contribution is 5.84. The Kier molecular flexibility index (Phi) is 10.4. The quantitative estimate of drug-likeness (QED) is 0.162. The van der Waals surface area contributed by atoms with E-state index in [1.165, 1.54) is 21.9 Å². The van der Waals surface area contributed by atoms with Crippen LogP contribution in [0, 0.1) is 0 Å². The van der Waals surface area contributed by atoms with Gasteiger partial charge in [0, 0.05) is 36.5 Å². The number of hydrogen-bond acceptors (Lipinski definition) is 6. The van der Waals surface area contributed by atoms with E-state index in [0.29, 0.717) is 25.7 Å². The normalized spacial score (nSPS) is 18.6. The van der Waals surface area contributed by atoms with E-state index >= 15 is 0 Å². The zero-order chi connectivity index (χ0) is 29.2. The Morgan fingerprint density at radius 1 is 0.857 bits per heavy atom. The highest BCUT2D eigenvalue weighted by Crippen LogP contribution is 2.37. The van der Waals surface area contributed by atoms with Gasteiger partial charge >= 0.3 is 0 Å². The first-order valence-electron chi connectivity index (χ1n) is 15.1. The molecule has 4 aromatic carbocycles. The number of rotatable bonds is 14. The summed E-state index contributed by atoms with van der Waals surface area (Å²) in [7, 11) is 3.40. The third kappa shape index (κ3) is 7.24. The molecular formula is C36H44N2O4. The van der Waals surface area contributed by atoms with Crippen molar-refractivity contribution in [3.63, 3.8) is 0 Å². The van der Waals surface area contributed by atoms with Crippen LogP contribution in [0.4, 0.5) is 0 Å². The van der Waals surface area contributed by atoms with Crippen molar-refractivity contribution in [1.82, 2.24) is 10.6 Å². The predicted octanol–water partition coefficient (Wildman–Crippen LogP) is 6.86. The molecule has 222 valence electrons. The fourth-order valence-corrected chi connectivity index (χ4v) is 6.07. The summed E-state index contributed by atoms with van der Waals surface area (Å²) >= 11 is 0. The summed E-state index contributed by atoms with van der Waals surface area (Å²) in [5.74, 6) is 3.08. The van der Waals surface area contributed by atoms with E-state index in [4.69, 9.17) is 18.9 Å². The summed E-state index contributed by atoms with van der Waals surface area (Å²) in [4.78, 5) is 0. The van der Waals surface area contributed by atoms with Crippen molar-refractivity contribution in [3.05, 3.63) is 102 Å². The van der Waals surface area contributed by atoms with Crippen LogP contribution < -0.4 is 24.8 Å². The SMILES string of the molecule is CC[C@@]1(NCc2ccc3cc(OC)ccc3c2)CNCC[C@H]1c1ccc(OCCCOCc2ccccc2OC)cc1. The predicted molar refractivity (Wildman–Crippen MR) is 170 cm³/mol. The second kappa shape index (κ2) is 14.5. The number of nitrogens with one attached hydrogen (secondary N) is 2. The van der Waals surface area contributed by atoms with Crippen molar-refractivity contribution in [2.45, 2.75) is 50.8 Å². The Morgan fingerprint density at radius 2 is 1.64 bits per heavy atom. The fourth-order valence-electron chi connectivity index (χ4n) is 6.07. The van der Waals surface area contributed by atoms with Gasteiger partial charge in [-0.1, -0.05) is 55.5 Å².